The summed E-state index contributed by atoms with van der Waals surface area (Å²) in [6.45, 7) is 5.17. The Bertz CT molecular complexity index is 576. The van der Waals surface area contributed by atoms with E-state index in [-0.39, 0.29) is 6.01 Å². The van der Waals surface area contributed by atoms with Gasteiger partial charge >= 0.3 is 6.01 Å². The van der Waals surface area contributed by atoms with Gasteiger partial charge in [-0.05, 0) is 19.9 Å². The lowest BCUT2D eigenvalue weighted by atomic mass is 10.2. The van der Waals surface area contributed by atoms with E-state index < -0.39 is 0 Å². The van der Waals surface area contributed by atoms with Gasteiger partial charge in [0.15, 0.2) is 5.82 Å². The summed E-state index contributed by atoms with van der Waals surface area (Å²) in [7, 11) is 1.52. The van der Waals surface area contributed by atoms with Gasteiger partial charge in [0.25, 0.3) is 0 Å². The molecule has 2 heterocycles. The molecule has 0 bridgehead atoms. The van der Waals surface area contributed by atoms with Gasteiger partial charge in [-0.15, -0.1) is 0 Å². The second-order valence-electron chi connectivity index (χ2n) is 3.84. The zero-order valence-corrected chi connectivity index (χ0v) is 11.8. The van der Waals surface area contributed by atoms with Crippen molar-refractivity contribution in [2.24, 2.45) is 0 Å². The van der Waals surface area contributed by atoms with Crippen LogP contribution in [-0.2, 0) is 0 Å². The lowest BCUT2D eigenvalue weighted by Gasteiger charge is -2.08. The molecule has 0 radical (unpaired) electrons. The average molecular weight is 275 g/mol. The summed E-state index contributed by atoms with van der Waals surface area (Å²) >= 11 is 0. The van der Waals surface area contributed by atoms with Gasteiger partial charge in [0.05, 0.1) is 19.9 Å². The molecule has 20 heavy (non-hydrogen) atoms. The predicted octanol–water partition coefficient (Wildman–Crippen LogP) is 1.77. The molecule has 2 aromatic rings. The molecule has 7 nitrogen and oxygen atoms in total. The Morgan fingerprint density at radius 1 is 1.15 bits per heavy atom. The van der Waals surface area contributed by atoms with Crippen LogP contribution in [0.3, 0.4) is 0 Å². The summed E-state index contributed by atoms with van der Waals surface area (Å²) in [6.07, 6.45) is 3.32. The normalized spacial score (nSPS) is 10.2. The number of nitrogens with one attached hydrogen (secondary N) is 1. The molecule has 0 fully saturated rings. The summed E-state index contributed by atoms with van der Waals surface area (Å²) in [5, 5.41) is 3.04. The van der Waals surface area contributed by atoms with E-state index in [1.54, 1.807) is 12.4 Å². The molecule has 0 unspecified atom stereocenters. The van der Waals surface area contributed by atoms with Gasteiger partial charge in [0, 0.05) is 18.3 Å². The minimum atomic E-state index is 0.257. The molecule has 2 rings (SSSR count). The van der Waals surface area contributed by atoms with Gasteiger partial charge in [-0.25, -0.2) is 0 Å². The lowest BCUT2D eigenvalue weighted by molar-refractivity contribution is 0.339. The molecule has 0 amide bonds. The minimum absolute atomic E-state index is 0.257. The van der Waals surface area contributed by atoms with Gasteiger partial charge in [-0.3, -0.25) is 4.98 Å². The smallest absolute Gasteiger partial charge is 0.321 e. The zero-order chi connectivity index (χ0) is 14.4. The minimum Gasteiger partial charge on any atom is -0.492 e. The van der Waals surface area contributed by atoms with Crippen molar-refractivity contribution in [3.05, 3.63) is 18.5 Å². The Morgan fingerprint density at radius 3 is 2.70 bits per heavy atom. The van der Waals surface area contributed by atoms with Crippen molar-refractivity contribution in [2.75, 3.05) is 25.6 Å². The first-order chi connectivity index (χ1) is 9.76. The van der Waals surface area contributed by atoms with E-state index in [4.69, 9.17) is 9.47 Å². The standard InChI is InChI=1S/C13H17N5O2/c1-4-15-12-16-11(17-13(18-12)19-3)9-6-10(20-5-2)8-14-7-9/h6-8H,4-5H2,1-3H3,(H,15,16,17,18). The molecular weight excluding hydrogens is 258 g/mol. The van der Waals surface area contributed by atoms with Crippen LogP contribution >= 0.6 is 0 Å². The number of rotatable bonds is 6. The van der Waals surface area contributed by atoms with Crippen LogP contribution in [0.5, 0.6) is 11.8 Å². The highest BCUT2D eigenvalue weighted by atomic mass is 16.5. The maximum absolute atomic E-state index is 5.42. The van der Waals surface area contributed by atoms with E-state index >= 15 is 0 Å². The fourth-order valence-corrected chi connectivity index (χ4v) is 1.60. The molecule has 0 aliphatic carbocycles. The lowest BCUT2D eigenvalue weighted by Crippen LogP contribution is -2.06. The van der Waals surface area contributed by atoms with Crippen molar-refractivity contribution < 1.29 is 9.47 Å². The molecule has 0 spiro atoms. The van der Waals surface area contributed by atoms with Crippen LogP contribution in [0.25, 0.3) is 11.4 Å². The quantitative estimate of drug-likeness (QED) is 0.860. The summed E-state index contributed by atoms with van der Waals surface area (Å²) in [5.74, 6) is 1.63. The third-order valence-corrected chi connectivity index (χ3v) is 2.41. The highest BCUT2D eigenvalue weighted by Gasteiger charge is 2.09. The second kappa shape index (κ2) is 6.65. The van der Waals surface area contributed by atoms with Crippen LogP contribution in [-0.4, -0.2) is 40.2 Å². The van der Waals surface area contributed by atoms with Crippen molar-refractivity contribution in [3.63, 3.8) is 0 Å². The van der Waals surface area contributed by atoms with E-state index in [0.29, 0.717) is 30.7 Å². The third-order valence-electron chi connectivity index (χ3n) is 2.41. The van der Waals surface area contributed by atoms with Crippen LogP contribution in [0, 0.1) is 0 Å². The molecule has 0 atom stereocenters. The van der Waals surface area contributed by atoms with E-state index in [0.717, 1.165) is 5.56 Å². The Hall–Kier alpha value is -2.44. The summed E-state index contributed by atoms with van der Waals surface area (Å²) in [5.41, 5.74) is 0.746. The number of hydrogen-bond acceptors (Lipinski definition) is 7. The topological polar surface area (TPSA) is 82.1 Å². The highest BCUT2D eigenvalue weighted by Crippen LogP contribution is 2.21. The molecular formula is C13H17N5O2. The van der Waals surface area contributed by atoms with Gasteiger partial charge in [0.1, 0.15) is 5.75 Å². The van der Waals surface area contributed by atoms with Crippen molar-refractivity contribution in [3.8, 4) is 23.1 Å². The van der Waals surface area contributed by atoms with Crippen molar-refractivity contribution in [2.45, 2.75) is 13.8 Å². The average Bonchev–Trinajstić information content (AvgIpc) is 2.48. The molecule has 0 aliphatic rings. The number of pyridine rings is 1. The van der Waals surface area contributed by atoms with Gasteiger partial charge < -0.3 is 14.8 Å². The van der Waals surface area contributed by atoms with Crippen LogP contribution in [0.2, 0.25) is 0 Å². The summed E-state index contributed by atoms with van der Waals surface area (Å²) in [4.78, 5) is 16.8. The van der Waals surface area contributed by atoms with Crippen LogP contribution in [0.4, 0.5) is 5.95 Å². The predicted molar refractivity (Wildman–Crippen MR) is 74.9 cm³/mol. The first-order valence-corrected chi connectivity index (χ1v) is 6.39. The largest absolute Gasteiger partial charge is 0.492 e. The maximum atomic E-state index is 5.42. The SMILES string of the molecule is CCNc1nc(OC)nc(-c2cncc(OCC)c2)n1. The fourth-order valence-electron chi connectivity index (χ4n) is 1.60. The number of hydrogen-bond donors (Lipinski definition) is 1. The van der Waals surface area contributed by atoms with Gasteiger partial charge in [-0.1, -0.05) is 0 Å². The van der Waals surface area contributed by atoms with Crippen LogP contribution < -0.4 is 14.8 Å². The Kier molecular flexibility index (Phi) is 4.65. The maximum Gasteiger partial charge on any atom is 0.321 e. The molecule has 106 valence electrons. The van der Waals surface area contributed by atoms with Gasteiger partial charge in [0.2, 0.25) is 5.95 Å². The molecule has 0 aliphatic heterocycles. The van der Waals surface area contributed by atoms with Crippen LogP contribution in [0.1, 0.15) is 13.8 Å². The number of anilines is 1. The molecule has 0 saturated carbocycles. The number of aromatic nitrogens is 4. The number of nitrogens with zero attached hydrogens (tertiary/aromatic N) is 4. The first-order valence-electron chi connectivity index (χ1n) is 6.39. The monoisotopic (exact) mass is 275 g/mol. The van der Waals surface area contributed by atoms with E-state index in [1.807, 2.05) is 19.9 Å². The summed E-state index contributed by atoms with van der Waals surface area (Å²) in [6, 6.07) is 2.09. The Balaban J connectivity index is 2.39. The first kappa shape index (κ1) is 14.0. The van der Waals surface area contributed by atoms with Crippen molar-refractivity contribution >= 4 is 5.95 Å². The van der Waals surface area contributed by atoms with E-state index in [1.165, 1.54) is 7.11 Å². The van der Waals surface area contributed by atoms with Gasteiger partial charge in [-0.2, -0.15) is 15.0 Å². The van der Waals surface area contributed by atoms with E-state index in [2.05, 4.69) is 25.3 Å². The molecule has 2 aromatic heterocycles. The molecule has 0 aromatic carbocycles. The fraction of sp³-hybridized carbons (Fsp3) is 0.385. The van der Waals surface area contributed by atoms with Crippen molar-refractivity contribution in [1.82, 2.24) is 19.9 Å². The summed E-state index contributed by atoms with van der Waals surface area (Å²) < 4.78 is 10.5. The molecule has 1 N–H and O–H groups in total. The Morgan fingerprint density at radius 2 is 2.00 bits per heavy atom. The van der Waals surface area contributed by atoms with Crippen LogP contribution in [0.15, 0.2) is 18.5 Å². The van der Waals surface area contributed by atoms with Crippen molar-refractivity contribution in [1.29, 1.82) is 0 Å². The molecule has 7 heteroatoms. The third kappa shape index (κ3) is 3.31. The second-order valence-corrected chi connectivity index (χ2v) is 3.84. The van der Waals surface area contributed by atoms with E-state index in [9.17, 15) is 0 Å². The number of ether oxygens (including phenoxy) is 2. The zero-order valence-electron chi connectivity index (χ0n) is 11.8. The number of methoxy groups -OCH3 is 1. The Labute approximate surface area is 117 Å². The highest BCUT2D eigenvalue weighted by molar-refractivity contribution is 5.57. The molecule has 0 saturated heterocycles.